The maximum atomic E-state index is 13.4. The van der Waals surface area contributed by atoms with E-state index in [1.54, 1.807) is 7.05 Å². The maximum absolute atomic E-state index is 13.4. The monoisotopic (exact) mass is 277 g/mol. The molecule has 0 unspecified atom stereocenters. The average Bonchev–Trinajstić information content (AvgIpc) is 2.15. The van der Waals surface area contributed by atoms with E-state index >= 15 is 0 Å². The zero-order valence-electron chi connectivity index (χ0n) is 7.84. The van der Waals surface area contributed by atoms with Gasteiger partial charge in [0.05, 0.1) is 12.1 Å². The Kier molecular flexibility index (Phi) is 3.65. The molecule has 0 saturated heterocycles. The van der Waals surface area contributed by atoms with Gasteiger partial charge < -0.3 is 15.5 Å². The van der Waals surface area contributed by atoms with Crippen LogP contribution in [0.4, 0.5) is 4.39 Å². The van der Waals surface area contributed by atoms with Gasteiger partial charge in [-0.05, 0) is 29.0 Å². The van der Waals surface area contributed by atoms with E-state index < -0.39 is 23.1 Å². The second-order valence-corrected chi connectivity index (χ2v) is 3.72. The number of halogens is 2. The number of hydrogen-bond donors (Lipinski definition) is 3. The van der Waals surface area contributed by atoms with Crippen molar-refractivity contribution in [3.63, 3.8) is 0 Å². The minimum Gasteiger partial charge on any atom is -0.504 e. The Morgan fingerprint density at radius 2 is 2.20 bits per heavy atom. The molecule has 1 rings (SSSR count). The van der Waals surface area contributed by atoms with E-state index in [0.717, 1.165) is 6.07 Å². The Labute approximate surface area is 93.9 Å². The van der Waals surface area contributed by atoms with Crippen LogP contribution >= 0.6 is 15.9 Å². The number of Topliss-reactive ketones (excluding diaryl/α,β-unsaturated/α-hetero) is 1. The minimum absolute atomic E-state index is 0.0558. The van der Waals surface area contributed by atoms with Crippen LogP contribution in [0.5, 0.6) is 11.5 Å². The smallest absolute Gasteiger partial charge is 0.194 e. The number of carbonyl (C=O) groups is 1. The highest BCUT2D eigenvalue weighted by Gasteiger charge is 2.21. The van der Waals surface area contributed by atoms with Gasteiger partial charge in [-0.2, -0.15) is 0 Å². The Bertz CT molecular complexity index is 409. The number of benzene rings is 1. The first-order valence-corrected chi connectivity index (χ1v) is 4.86. The van der Waals surface area contributed by atoms with Crippen molar-refractivity contribution in [1.82, 2.24) is 5.32 Å². The van der Waals surface area contributed by atoms with E-state index in [1.165, 1.54) is 0 Å². The highest BCUT2D eigenvalue weighted by Crippen LogP contribution is 2.35. The van der Waals surface area contributed by atoms with Crippen LogP contribution in [0.2, 0.25) is 0 Å². The first-order chi connectivity index (χ1) is 6.99. The third-order valence-corrected chi connectivity index (χ3v) is 2.41. The maximum Gasteiger partial charge on any atom is 0.194 e. The van der Waals surface area contributed by atoms with E-state index in [4.69, 9.17) is 10.2 Å². The van der Waals surface area contributed by atoms with E-state index in [-0.39, 0.29) is 16.6 Å². The number of phenolic OH excluding ortho intramolecular Hbond substituents is 2. The summed E-state index contributed by atoms with van der Waals surface area (Å²) >= 11 is 2.94. The van der Waals surface area contributed by atoms with Crippen molar-refractivity contribution in [2.24, 2.45) is 0 Å². The Hall–Kier alpha value is -1.14. The molecule has 0 atom stereocenters. The standard InChI is InChI=1S/C9H9BrFNO3/c1-12-3-6(14)7-4(10)2-5(13)9(15)8(7)11/h2,12-13,15H,3H2,1H3. The van der Waals surface area contributed by atoms with Crippen molar-refractivity contribution >= 4 is 21.7 Å². The first kappa shape index (κ1) is 11.9. The average molecular weight is 278 g/mol. The molecular weight excluding hydrogens is 269 g/mol. The molecule has 0 aliphatic carbocycles. The van der Waals surface area contributed by atoms with Crippen LogP contribution in [-0.4, -0.2) is 29.6 Å². The van der Waals surface area contributed by atoms with Crippen LogP contribution in [0, 0.1) is 5.82 Å². The van der Waals surface area contributed by atoms with E-state index in [2.05, 4.69) is 21.2 Å². The van der Waals surface area contributed by atoms with Crippen molar-refractivity contribution in [2.45, 2.75) is 0 Å². The Morgan fingerprint density at radius 1 is 1.60 bits per heavy atom. The third kappa shape index (κ3) is 2.27. The molecule has 0 amide bonds. The first-order valence-electron chi connectivity index (χ1n) is 4.06. The number of ketones is 1. The molecule has 0 bridgehead atoms. The Balaban J connectivity index is 3.29. The summed E-state index contributed by atoms with van der Waals surface area (Å²) < 4.78 is 13.5. The predicted molar refractivity (Wildman–Crippen MR) is 55.7 cm³/mol. The molecule has 0 fully saturated rings. The molecule has 0 aromatic heterocycles. The lowest BCUT2D eigenvalue weighted by Crippen LogP contribution is -2.20. The number of aromatic hydroxyl groups is 2. The van der Waals surface area contributed by atoms with E-state index in [1.807, 2.05) is 0 Å². The summed E-state index contributed by atoms with van der Waals surface area (Å²) in [4.78, 5) is 11.4. The van der Waals surface area contributed by atoms with Crippen LogP contribution in [0.1, 0.15) is 10.4 Å². The summed E-state index contributed by atoms with van der Waals surface area (Å²) in [6.07, 6.45) is 0. The molecule has 0 aliphatic heterocycles. The second-order valence-electron chi connectivity index (χ2n) is 2.87. The van der Waals surface area contributed by atoms with E-state index in [9.17, 15) is 9.18 Å². The number of phenols is 2. The van der Waals surface area contributed by atoms with Crippen LogP contribution in [-0.2, 0) is 0 Å². The fourth-order valence-corrected chi connectivity index (χ4v) is 1.71. The number of rotatable bonds is 3. The molecule has 1 aromatic rings. The highest BCUT2D eigenvalue weighted by atomic mass is 79.9. The van der Waals surface area contributed by atoms with Gasteiger partial charge in [-0.3, -0.25) is 4.79 Å². The molecule has 0 saturated carbocycles. The van der Waals surface area contributed by atoms with Gasteiger partial charge in [0.25, 0.3) is 0 Å². The van der Waals surface area contributed by atoms with Gasteiger partial charge in [0.15, 0.2) is 23.1 Å². The summed E-state index contributed by atoms with van der Waals surface area (Å²) in [7, 11) is 1.55. The van der Waals surface area contributed by atoms with Crippen LogP contribution in [0.3, 0.4) is 0 Å². The van der Waals surface area contributed by atoms with Crippen molar-refractivity contribution in [3.8, 4) is 11.5 Å². The van der Waals surface area contributed by atoms with Gasteiger partial charge in [0.1, 0.15) is 0 Å². The zero-order chi connectivity index (χ0) is 11.6. The van der Waals surface area contributed by atoms with Gasteiger partial charge in [0.2, 0.25) is 0 Å². The molecule has 4 nitrogen and oxygen atoms in total. The summed E-state index contributed by atoms with van der Waals surface area (Å²) in [5, 5.41) is 20.8. The molecule has 0 aliphatic rings. The molecule has 82 valence electrons. The summed E-state index contributed by atoms with van der Waals surface area (Å²) in [5.74, 6) is -3.17. The van der Waals surface area contributed by atoms with Gasteiger partial charge in [-0.15, -0.1) is 0 Å². The lowest BCUT2D eigenvalue weighted by Gasteiger charge is -2.07. The summed E-state index contributed by atoms with van der Waals surface area (Å²) in [6, 6.07) is 1.07. The molecular formula is C9H9BrFNO3. The van der Waals surface area contributed by atoms with Gasteiger partial charge >= 0.3 is 0 Å². The van der Waals surface area contributed by atoms with Crippen molar-refractivity contribution in [3.05, 3.63) is 21.9 Å². The third-order valence-electron chi connectivity index (χ3n) is 1.79. The molecule has 0 spiro atoms. The summed E-state index contributed by atoms with van der Waals surface area (Å²) in [5.41, 5.74) is -0.278. The lowest BCUT2D eigenvalue weighted by atomic mass is 10.1. The van der Waals surface area contributed by atoms with Gasteiger partial charge in [0, 0.05) is 4.47 Å². The summed E-state index contributed by atoms with van der Waals surface area (Å²) in [6.45, 7) is -0.0558. The molecule has 3 N–H and O–H groups in total. The number of carbonyl (C=O) groups excluding carboxylic acids is 1. The highest BCUT2D eigenvalue weighted by molar-refractivity contribution is 9.10. The van der Waals surface area contributed by atoms with Gasteiger partial charge in [-0.25, -0.2) is 4.39 Å². The topological polar surface area (TPSA) is 69.6 Å². The fraction of sp³-hybridized carbons (Fsp3) is 0.222. The SMILES string of the molecule is CNCC(=O)c1c(Br)cc(O)c(O)c1F. The zero-order valence-corrected chi connectivity index (χ0v) is 9.43. The molecule has 0 heterocycles. The number of hydrogen-bond acceptors (Lipinski definition) is 4. The fourth-order valence-electron chi connectivity index (χ4n) is 1.10. The largest absolute Gasteiger partial charge is 0.504 e. The van der Waals surface area contributed by atoms with Gasteiger partial charge in [-0.1, -0.05) is 0 Å². The lowest BCUT2D eigenvalue weighted by molar-refractivity contribution is 0.0988. The normalized spacial score (nSPS) is 10.3. The van der Waals surface area contributed by atoms with Crippen molar-refractivity contribution in [2.75, 3.05) is 13.6 Å². The van der Waals surface area contributed by atoms with Crippen LogP contribution in [0.25, 0.3) is 0 Å². The van der Waals surface area contributed by atoms with Crippen LogP contribution < -0.4 is 5.32 Å². The molecule has 6 heteroatoms. The van der Waals surface area contributed by atoms with Crippen LogP contribution in [0.15, 0.2) is 10.5 Å². The Morgan fingerprint density at radius 3 is 2.73 bits per heavy atom. The second kappa shape index (κ2) is 4.59. The minimum atomic E-state index is -1.12. The molecule has 15 heavy (non-hydrogen) atoms. The van der Waals surface area contributed by atoms with Crippen molar-refractivity contribution in [1.29, 1.82) is 0 Å². The van der Waals surface area contributed by atoms with E-state index in [0.29, 0.717) is 0 Å². The number of likely N-dealkylation sites (N-methyl/N-ethyl adjacent to an activating group) is 1. The number of nitrogens with one attached hydrogen (secondary N) is 1. The molecule has 1 aromatic carbocycles. The van der Waals surface area contributed by atoms with Crippen molar-refractivity contribution < 1.29 is 19.4 Å². The molecule has 0 radical (unpaired) electrons. The predicted octanol–water partition coefficient (Wildman–Crippen LogP) is 1.40. The quantitative estimate of drug-likeness (QED) is 0.577.